The summed E-state index contributed by atoms with van der Waals surface area (Å²) in [6.07, 6.45) is 0. The molecule has 104 valence electrons. The van der Waals surface area contributed by atoms with E-state index in [1.807, 2.05) is 18.2 Å². The van der Waals surface area contributed by atoms with Crippen LogP contribution in [0, 0.1) is 0 Å². The third-order valence-electron chi connectivity index (χ3n) is 2.91. The Labute approximate surface area is 125 Å². The van der Waals surface area contributed by atoms with Gasteiger partial charge in [0.25, 0.3) is 0 Å². The van der Waals surface area contributed by atoms with E-state index < -0.39 is 5.91 Å². The van der Waals surface area contributed by atoms with Gasteiger partial charge in [-0.2, -0.15) is 0 Å². The first-order chi connectivity index (χ1) is 9.55. The molecule has 0 aliphatic heterocycles. The van der Waals surface area contributed by atoms with E-state index in [-0.39, 0.29) is 0 Å². The van der Waals surface area contributed by atoms with E-state index in [9.17, 15) is 4.79 Å². The standard InChI is InChI=1S/C15H14BrNO3/c1-19-11-5-9(6-12(8-11)20-2)14-7-10(16)3-4-13(14)15(17)18/h3-8H,1-2H3,(H2,17,18). The first-order valence-electron chi connectivity index (χ1n) is 5.88. The first-order valence-corrected chi connectivity index (χ1v) is 6.67. The minimum absolute atomic E-state index is 0.448. The maximum atomic E-state index is 11.6. The summed E-state index contributed by atoms with van der Waals surface area (Å²) in [6.45, 7) is 0. The van der Waals surface area contributed by atoms with E-state index in [0.717, 1.165) is 15.6 Å². The number of carbonyl (C=O) groups excluding carboxylic acids is 1. The lowest BCUT2D eigenvalue weighted by Gasteiger charge is -2.11. The largest absolute Gasteiger partial charge is 0.497 e. The van der Waals surface area contributed by atoms with Gasteiger partial charge in [0.15, 0.2) is 0 Å². The van der Waals surface area contributed by atoms with E-state index in [2.05, 4.69) is 15.9 Å². The molecule has 0 unspecified atom stereocenters. The summed E-state index contributed by atoms with van der Waals surface area (Å²) in [4.78, 5) is 11.6. The minimum Gasteiger partial charge on any atom is -0.497 e. The van der Waals surface area contributed by atoms with Crippen LogP contribution in [0.4, 0.5) is 0 Å². The van der Waals surface area contributed by atoms with Crippen LogP contribution in [0.3, 0.4) is 0 Å². The third-order valence-corrected chi connectivity index (χ3v) is 3.40. The summed E-state index contributed by atoms with van der Waals surface area (Å²) in [5.41, 5.74) is 7.40. The van der Waals surface area contributed by atoms with Crippen molar-refractivity contribution < 1.29 is 14.3 Å². The predicted octanol–water partition coefficient (Wildman–Crippen LogP) is 3.23. The number of hydrogen-bond acceptors (Lipinski definition) is 3. The number of rotatable bonds is 4. The molecule has 0 atom stereocenters. The summed E-state index contributed by atoms with van der Waals surface area (Å²) >= 11 is 3.40. The van der Waals surface area contributed by atoms with E-state index >= 15 is 0 Å². The summed E-state index contributed by atoms with van der Waals surface area (Å²) in [6, 6.07) is 10.7. The smallest absolute Gasteiger partial charge is 0.249 e. The molecule has 2 aromatic rings. The fraction of sp³-hybridized carbons (Fsp3) is 0.133. The Balaban J connectivity index is 2.66. The highest BCUT2D eigenvalue weighted by molar-refractivity contribution is 9.10. The van der Waals surface area contributed by atoms with E-state index in [0.29, 0.717) is 17.1 Å². The second kappa shape index (κ2) is 5.96. The summed E-state index contributed by atoms with van der Waals surface area (Å²) in [5, 5.41) is 0. The van der Waals surface area contributed by atoms with Gasteiger partial charge in [0, 0.05) is 16.1 Å². The van der Waals surface area contributed by atoms with E-state index in [1.54, 1.807) is 32.4 Å². The molecule has 5 heteroatoms. The molecule has 0 aliphatic carbocycles. The average Bonchev–Trinajstić information content (AvgIpc) is 2.46. The number of carbonyl (C=O) groups is 1. The molecule has 0 saturated carbocycles. The zero-order chi connectivity index (χ0) is 14.7. The van der Waals surface area contributed by atoms with Gasteiger partial charge < -0.3 is 15.2 Å². The SMILES string of the molecule is COc1cc(OC)cc(-c2cc(Br)ccc2C(N)=O)c1. The van der Waals surface area contributed by atoms with Crippen LogP contribution in [0.5, 0.6) is 11.5 Å². The van der Waals surface area contributed by atoms with Gasteiger partial charge in [-0.25, -0.2) is 0 Å². The van der Waals surface area contributed by atoms with Crippen molar-refractivity contribution in [1.82, 2.24) is 0 Å². The van der Waals surface area contributed by atoms with Crippen LogP contribution in [0.15, 0.2) is 40.9 Å². The minimum atomic E-state index is -0.478. The number of hydrogen-bond donors (Lipinski definition) is 1. The highest BCUT2D eigenvalue weighted by Gasteiger charge is 2.12. The zero-order valence-corrected chi connectivity index (χ0v) is 12.7. The van der Waals surface area contributed by atoms with Crippen LogP contribution in [0.25, 0.3) is 11.1 Å². The van der Waals surface area contributed by atoms with Gasteiger partial charge in [0.05, 0.1) is 14.2 Å². The van der Waals surface area contributed by atoms with Gasteiger partial charge in [0.1, 0.15) is 11.5 Å². The predicted molar refractivity (Wildman–Crippen MR) is 81.2 cm³/mol. The van der Waals surface area contributed by atoms with Crippen molar-refractivity contribution in [1.29, 1.82) is 0 Å². The molecule has 0 saturated heterocycles. The van der Waals surface area contributed by atoms with Crippen molar-refractivity contribution in [3.63, 3.8) is 0 Å². The fourth-order valence-corrected chi connectivity index (χ4v) is 2.29. The monoisotopic (exact) mass is 335 g/mol. The Morgan fingerprint density at radius 1 is 1.05 bits per heavy atom. The Morgan fingerprint density at radius 2 is 1.65 bits per heavy atom. The zero-order valence-electron chi connectivity index (χ0n) is 11.1. The van der Waals surface area contributed by atoms with Crippen molar-refractivity contribution in [2.24, 2.45) is 5.73 Å². The second-order valence-electron chi connectivity index (χ2n) is 4.16. The van der Waals surface area contributed by atoms with Crippen molar-refractivity contribution in [3.05, 3.63) is 46.4 Å². The van der Waals surface area contributed by atoms with Gasteiger partial charge in [-0.1, -0.05) is 15.9 Å². The van der Waals surface area contributed by atoms with Crippen LogP contribution < -0.4 is 15.2 Å². The van der Waals surface area contributed by atoms with E-state index in [4.69, 9.17) is 15.2 Å². The van der Waals surface area contributed by atoms with Gasteiger partial charge in [-0.15, -0.1) is 0 Å². The van der Waals surface area contributed by atoms with Crippen molar-refractivity contribution in [2.45, 2.75) is 0 Å². The summed E-state index contributed by atoms with van der Waals surface area (Å²) < 4.78 is 11.3. The van der Waals surface area contributed by atoms with Gasteiger partial charge in [-0.05, 0) is 41.5 Å². The molecule has 0 fully saturated rings. The van der Waals surface area contributed by atoms with Crippen LogP contribution in [-0.2, 0) is 0 Å². The van der Waals surface area contributed by atoms with Crippen LogP contribution in [-0.4, -0.2) is 20.1 Å². The molecular formula is C15H14BrNO3. The van der Waals surface area contributed by atoms with Gasteiger partial charge >= 0.3 is 0 Å². The lowest BCUT2D eigenvalue weighted by atomic mass is 9.99. The van der Waals surface area contributed by atoms with Gasteiger partial charge in [0.2, 0.25) is 5.91 Å². The van der Waals surface area contributed by atoms with Crippen LogP contribution in [0.2, 0.25) is 0 Å². The van der Waals surface area contributed by atoms with Crippen molar-refractivity contribution in [3.8, 4) is 22.6 Å². The number of nitrogens with two attached hydrogens (primary N) is 1. The molecule has 4 nitrogen and oxygen atoms in total. The molecule has 1 amide bonds. The lowest BCUT2D eigenvalue weighted by Crippen LogP contribution is -2.12. The number of halogens is 1. The molecule has 2 N–H and O–H groups in total. The molecule has 2 rings (SSSR count). The summed E-state index contributed by atoms with van der Waals surface area (Å²) in [7, 11) is 3.16. The molecule has 0 aromatic heterocycles. The van der Waals surface area contributed by atoms with Crippen LogP contribution in [0.1, 0.15) is 10.4 Å². The molecule has 0 heterocycles. The quantitative estimate of drug-likeness (QED) is 0.932. The van der Waals surface area contributed by atoms with Crippen LogP contribution >= 0.6 is 15.9 Å². The molecule has 2 aromatic carbocycles. The fourth-order valence-electron chi connectivity index (χ4n) is 1.93. The van der Waals surface area contributed by atoms with E-state index in [1.165, 1.54) is 0 Å². The Kier molecular flexibility index (Phi) is 4.29. The molecule has 0 radical (unpaired) electrons. The topological polar surface area (TPSA) is 61.6 Å². The number of amides is 1. The molecule has 0 aliphatic rings. The molecule has 0 bridgehead atoms. The Bertz CT molecular complexity index is 633. The number of methoxy groups -OCH3 is 2. The number of primary amides is 1. The Morgan fingerprint density at radius 3 is 2.15 bits per heavy atom. The molecular weight excluding hydrogens is 322 g/mol. The Hall–Kier alpha value is -2.01. The lowest BCUT2D eigenvalue weighted by molar-refractivity contribution is 0.100. The molecule has 20 heavy (non-hydrogen) atoms. The maximum absolute atomic E-state index is 11.6. The van der Waals surface area contributed by atoms with Crippen molar-refractivity contribution >= 4 is 21.8 Å². The number of benzene rings is 2. The summed E-state index contributed by atoms with van der Waals surface area (Å²) in [5.74, 6) is 0.818. The highest BCUT2D eigenvalue weighted by atomic mass is 79.9. The van der Waals surface area contributed by atoms with Gasteiger partial charge in [-0.3, -0.25) is 4.79 Å². The molecule has 0 spiro atoms. The highest BCUT2D eigenvalue weighted by Crippen LogP contribution is 2.33. The number of ether oxygens (including phenoxy) is 2. The second-order valence-corrected chi connectivity index (χ2v) is 5.07. The first kappa shape index (κ1) is 14.4. The van der Waals surface area contributed by atoms with Crippen molar-refractivity contribution in [2.75, 3.05) is 14.2 Å². The third kappa shape index (κ3) is 2.93. The maximum Gasteiger partial charge on any atom is 0.249 e. The normalized spacial score (nSPS) is 10.2. The average molecular weight is 336 g/mol.